The molecule has 2 aromatic carbocycles. The maximum absolute atomic E-state index is 12.2. The smallest absolute Gasteiger partial charge is 0.279 e. The number of nitrogens with two attached hydrogens (primary N) is 1. The van der Waals surface area contributed by atoms with Gasteiger partial charge in [0.2, 0.25) is 0 Å². The normalized spacial score (nSPS) is 15.8. The molecule has 3 rings (SSSR count). The zero-order valence-electron chi connectivity index (χ0n) is 15.3. The Morgan fingerprint density at radius 1 is 1.15 bits per heavy atom. The minimum absolute atomic E-state index is 0.00169. The number of amides is 1. The zero-order valence-corrected chi connectivity index (χ0v) is 16.1. The maximum Gasteiger partial charge on any atom is 0.279 e. The summed E-state index contributed by atoms with van der Waals surface area (Å²) in [5, 5.41) is 5.72. The zero-order chi connectivity index (χ0) is 18.4. The van der Waals surface area contributed by atoms with E-state index in [0.717, 1.165) is 22.8 Å². The minimum atomic E-state index is 0.00169. The van der Waals surface area contributed by atoms with E-state index in [1.54, 1.807) is 4.90 Å². The van der Waals surface area contributed by atoms with E-state index in [4.69, 9.17) is 11.6 Å². The van der Waals surface area contributed by atoms with Crippen LogP contribution >= 0.6 is 11.6 Å². The molecule has 1 heterocycles. The van der Waals surface area contributed by atoms with Crippen molar-refractivity contribution >= 4 is 23.2 Å². The summed E-state index contributed by atoms with van der Waals surface area (Å²) in [6.45, 7) is 6.06. The van der Waals surface area contributed by atoms with E-state index in [0.29, 0.717) is 6.54 Å². The van der Waals surface area contributed by atoms with Crippen LogP contribution < -0.4 is 15.5 Å². The maximum atomic E-state index is 12.2. The molecule has 1 amide bonds. The Hall–Kier alpha value is -1.88. The van der Waals surface area contributed by atoms with Crippen LogP contribution in [0.5, 0.6) is 0 Å². The van der Waals surface area contributed by atoms with Crippen LogP contribution in [-0.2, 0) is 11.3 Å². The first-order chi connectivity index (χ1) is 12.6. The molecule has 1 aliphatic rings. The number of hydrogen-bond donors (Lipinski definition) is 3. The van der Waals surface area contributed by atoms with Crippen molar-refractivity contribution in [2.24, 2.45) is 0 Å². The van der Waals surface area contributed by atoms with Crippen LogP contribution in [0.1, 0.15) is 36.9 Å². The van der Waals surface area contributed by atoms with Gasteiger partial charge in [-0.3, -0.25) is 4.79 Å². The molecule has 0 aromatic heterocycles. The van der Waals surface area contributed by atoms with E-state index in [-0.39, 0.29) is 11.9 Å². The molecule has 138 valence electrons. The summed E-state index contributed by atoms with van der Waals surface area (Å²) < 4.78 is 0. The molecule has 0 unspecified atom stereocenters. The number of anilines is 1. The lowest BCUT2D eigenvalue weighted by Crippen LogP contribution is -3.08. The van der Waals surface area contributed by atoms with Gasteiger partial charge in [0.1, 0.15) is 12.6 Å². The van der Waals surface area contributed by atoms with Crippen LogP contribution in [0.15, 0.2) is 48.5 Å². The van der Waals surface area contributed by atoms with Crippen LogP contribution in [0.2, 0.25) is 5.02 Å². The van der Waals surface area contributed by atoms with E-state index < -0.39 is 0 Å². The molecule has 0 bridgehead atoms. The van der Waals surface area contributed by atoms with Crippen LogP contribution in [0, 0.1) is 0 Å². The van der Waals surface area contributed by atoms with Gasteiger partial charge in [-0.15, -0.1) is 0 Å². The molecule has 1 atom stereocenters. The molecule has 1 fully saturated rings. The van der Waals surface area contributed by atoms with E-state index >= 15 is 0 Å². The molecule has 0 radical (unpaired) electrons. The molecule has 0 aliphatic carbocycles. The Morgan fingerprint density at radius 3 is 2.54 bits per heavy atom. The standard InChI is InChI=1S/C21H26ClN3O/c1-16(19-6-2-3-7-20(19)22)23-14-21(26)24-18-10-8-17(9-11-18)15-25-12-4-5-13-25/h2-3,6-11,16,23H,4-5,12-15H2,1H3,(H,24,26)/p+2/t16-/m1/s1. The highest BCUT2D eigenvalue weighted by Crippen LogP contribution is 2.19. The average molecular weight is 374 g/mol. The molecule has 0 spiro atoms. The SMILES string of the molecule is C[C@@H]([NH2+]CC(=O)Nc1ccc(C[NH+]2CCCC2)cc1)c1ccccc1Cl. The van der Waals surface area contributed by atoms with Crippen molar-refractivity contribution < 1.29 is 15.0 Å². The van der Waals surface area contributed by atoms with Crippen LogP contribution in [0.4, 0.5) is 5.69 Å². The summed E-state index contributed by atoms with van der Waals surface area (Å²) in [5.74, 6) is 0.00169. The van der Waals surface area contributed by atoms with Crippen LogP contribution in [0.3, 0.4) is 0 Å². The summed E-state index contributed by atoms with van der Waals surface area (Å²) in [4.78, 5) is 13.9. The van der Waals surface area contributed by atoms with Crippen molar-refractivity contribution in [1.82, 2.24) is 0 Å². The largest absolute Gasteiger partial charge is 0.332 e. The Bertz CT molecular complexity index is 726. The van der Waals surface area contributed by atoms with E-state index in [9.17, 15) is 4.79 Å². The number of hydrogen-bond acceptors (Lipinski definition) is 1. The second-order valence-corrected chi connectivity index (χ2v) is 7.54. The fraction of sp³-hybridized carbons (Fsp3) is 0.381. The Labute approximate surface area is 160 Å². The van der Waals surface area contributed by atoms with Crippen molar-refractivity contribution in [2.75, 3.05) is 25.0 Å². The quantitative estimate of drug-likeness (QED) is 0.680. The predicted molar refractivity (Wildman–Crippen MR) is 105 cm³/mol. The highest BCUT2D eigenvalue weighted by atomic mass is 35.5. The van der Waals surface area contributed by atoms with Crippen molar-refractivity contribution in [1.29, 1.82) is 0 Å². The Morgan fingerprint density at radius 2 is 1.85 bits per heavy atom. The number of nitrogens with one attached hydrogen (secondary N) is 2. The first-order valence-electron chi connectivity index (χ1n) is 9.42. The lowest BCUT2D eigenvalue weighted by atomic mass is 10.1. The lowest BCUT2D eigenvalue weighted by molar-refractivity contribution is -0.901. The number of rotatable bonds is 7. The van der Waals surface area contributed by atoms with Gasteiger partial charge in [-0.2, -0.15) is 0 Å². The second kappa shape index (κ2) is 9.17. The van der Waals surface area contributed by atoms with Gasteiger partial charge in [-0.05, 0) is 25.1 Å². The summed E-state index contributed by atoms with van der Waals surface area (Å²) in [6, 6.07) is 16.2. The molecular formula is C21H28ClN3O+2. The third-order valence-corrected chi connectivity index (χ3v) is 5.40. The Kier molecular flexibility index (Phi) is 6.67. The number of carbonyl (C=O) groups excluding carboxylic acids is 1. The average Bonchev–Trinajstić information content (AvgIpc) is 3.15. The fourth-order valence-electron chi connectivity index (χ4n) is 3.51. The summed E-state index contributed by atoms with van der Waals surface area (Å²) in [6.07, 6.45) is 2.68. The van der Waals surface area contributed by atoms with Crippen LogP contribution in [-0.4, -0.2) is 25.5 Å². The minimum Gasteiger partial charge on any atom is -0.332 e. The van der Waals surface area contributed by atoms with Crippen molar-refractivity contribution in [3.63, 3.8) is 0 Å². The number of likely N-dealkylation sites (tertiary alicyclic amines) is 1. The number of carbonyl (C=O) groups is 1. The van der Waals surface area contributed by atoms with Crippen LogP contribution in [0.25, 0.3) is 0 Å². The van der Waals surface area contributed by atoms with Gasteiger partial charge >= 0.3 is 0 Å². The summed E-state index contributed by atoms with van der Waals surface area (Å²) in [5.41, 5.74) is 3.24. The lowest BCUT2D eigenvalue weighted by Gasteiger charge is -2.13. The first kappa shape index (κ1) is 18.9. The molecule has 2 aromatic rings. The molecule has 4 N–H and O–H groups in total. The van der Waals surface area contributed by atoms with Gasteiger partial charge in [-0.1, -0.05) is 41.9 Å². The third kappa shape index (κ3) is 5.31. The monoisotopic (exact) mass is 373 g/mol. The van der Waals surface area contributed by atoms with Gasteiger partial charge < -0.3 is 15.5 Å². The molecule has 26 heavy (non-hydrogen) atoms. The van der Waals surface area contributed by atoms with Crippen molar-refractivity contribution in [3.05, 3.63) is 64.7 Å². The van der Waals surface area contributed by atoms with E-state index in [2.05, 4.69) is 24.4 Å². The topological polar surface area (TPSA) is 50.1 Å². The van der Waals surface area contributed by atoms with E-state index in [1.807, 2.05) is 41.7 Å². The van der Waals surface area contributed by atoms with Gasteiger partial charge in [0.05, 0.1) is 13.1 Å². The molecule has 4 nitrogen and oxygen atoms in total. The molecule has 1 saturated heterocycles. The van der Waals surface area contributed by atoms with Crippen molar-refractivity contribution in [3.8, 4) is 0 Å². The first-order valence-corrected chi connectivity index (χ1v) is 9.80. The number of benzene rings is 2. The highest BCUT2D eigenvalue weighted by Gasteiger charge is 2.16. The molecular weight excluding hydrogens is 346 g/mol. The fourth-order valence-corrected chi connectivity index (χ4v) is 3.82. The predicted octanol–water partition coefficient (Wildman–Crippen LogP) is 1.78. The molecule has 5 heteroatoms. The summed E-state index contributed by atoms with van der Waals surface area (Å²) >= 11 is 6.22. The molecule has 1 aliphatic heterocycles. The Balaban J connectivity index is 1.46. The number of quaternary nitrogens is 2. The summed E-state index contributed by atoms with van der Waals surface area (Å²) in [7, 11) is 0. The van der Waals surface area contributed by atoms with Gasteiger partial charge in [0.25, 0.3) is 5.91 Å². The van der Waals surface area contributed by atoms with Gasteiger partial charge in [-0.25, -0.2) is 0 Å². The van der Waals surface area contributed by atoms with E-state index in [1.165, 1.54) is 31.5 Å². The van der Waals surface area contributed by atoms with Crippen molar-refractivity contribution in [2.45, 2.75) is 32.4 Å². The number of halogens is 1. The molecule has 0 saturated carbocycles. The second-order valence-electron chi connectivity index (χ2n) is 7.13. The highest BCUT2D eigenvalue weighted by molar-refractivity contribution is 6.31. The van der Waals surface area contributed by atoms with Gasteiger partial charge in [0, 0.05) is 34.7 Å². The third-order valence-electron chi connectivity index (χ3n) is 5.06. The van der Waals surface area contributed by atoms with Gasteiger partial charge in [0.15, 0.2) is 6.54 Å².